The van der Waals surface area contributed by atoms with Gasteiger partial charge < -0.3 is 19.5 Å². The van der Waals surface area contributed by atoms with Crippen LogP contribution in [-0.4, -0.2) is 65.1 Å². The summed E-state index contributed by atoms with van der Waals surface area (Å²) in [6, 6.07) is 0. The molecule has 1 saturated heterocycles. The smallest absolute Gasteiger partial charge is 0.543 e. The van der Waals surface area contributed by atoms with E-state index in [1.54, 1.807) is 0 Å². The van der Waals surface area contributed by atoms with Crippen molar-refractivity contribution in [3.63, 3.8) is 0 Å². The number of esters is 1. The Kier molecular flexibility index (Phi) is 7.21. The number of aromatic nitrogens is 2. The number of carboxylic acids is 1. The number of piperazine rings is 1. The van der Waals surface area contributed by atoms with Gasteiger partial charge in [0.1, 0.15) is 17.1 Å². The fourth-order valence-corrected chi connectivity index (χ4v) is 2.28. The van der Waals surface area contributed by atoms with Crippen molar-refractivity contribution in [1.29, 1.82) is 0 Å². The van der Waals surface area contributed by atoms with Gasteiger partial charge in [-0.25, -0.2) is 9.97 Å². The van der Waals surface area contributed by atoms with Crippen molar-refractivity contribution in [2.45, 2.75) is 26.4 Å². The predicted octanol–water partition coefficient (Wildman–Crippen LogP) is -3.69. The Hall–Kier alpha value is -1.62. The Morgan fingerprint density at radius 3 is 2.25 bits per heavy atom. The molecule has 0 amide bonds. The van der Waals surface area contributed by atoms with Gasteiger partial charge in [0.05, 0.1) is 24.9 Å². The van der Waals surface area contributed by atoms with Crippen LogP contribution in [-0.2, 0) is 9.53 Å². The summed E-state index contributed by atoms with van der Waals surface area (Å²) in [5.74, 6) is -0.956. The van der Waals surface area contributed by atoms with E-state index in [1.165, 1.54) is 12.4 Å². The summed E-state index contributed by atoms with van der Waals surface area (Å²) in [7, 11) is 0. The minimum atomic E-state index is -1.34. The molecule has 0 N–H and O–H groups in total. The third-order valence-electron chi connectivity index (χ3n) is 3.32. The number of carboxylic acid groups (broad SMARTS) is 1. The third-order valence-corrected chi connectivity index (χ3v) is 3.32. The van der Waals surface area contributed by atoms with Crippen LogP contribution in [0.1, 0.15) is 31.3 Å². The summed E-state index contributed by atoms with van der Waals surface area (Å²) >= 11 is 0. The number of ether oxygens (including phenoxy) is 1. The van der Waals surface area contributed by atoms with Crippen LogP contribution in [0, 0.1) is 0 Å². The fraction of sp³-hybridized carbons (Fsp3) is 0.600. The molecule has 2 rings (SSSR count). The number of carbonyl (C=O) groups is 2. The zero-order valence-corrected chi connectivity index (χ0v) is 14.6. The zero-order valence-electron chi connectivity index (χ0n) is 14.6. The molecular formula is C15H21LiN4O4. The Morgan fingerprint density at radius 2 is 1.79 bits per heavy atom. The van der Waals surface area contributed by atoms with E-state index in [0.717, 1.165) is 0 Å². The number of nitrogens with zero attached hydrogens (tertiary/aromatic N) is 4. The van der Waals surface area contributed by atoms with Gasteiger partial charge in [-0.1, -0.05) is 0 Å². The maximum atomic E-state index is 11.8. The summed E-state index contributed by atoms with van der Waals surface area (Å²) < 4.78 is 5.31. The second-order valence-corrected chi connectivity index (χ2v) is 6.40. The molecule has 2 heterocycles. The van der Waals surface area contributed by atoms with E-state index in [0.29, 0.717) is 32.0 Å². The molecule has 1 aliphatic rings. The topological polar surface area (TPSA) is 98.7 Å². The molecule has 1 aromatic rings. The summed E-state index contributed by atoms with van der Waals surface area (Å²) in [6.45, 7) is 8.56. The fourth-order valence-electron chi connectivity index (χ4n) is 2.28. The van der Waals surface area contributed by atoms with E-state index in [4.69, 9.17) is 4.74 Å². The predicted molar refractivity (Wildman–Crippen MR) is 80.9 cm³/mol. The Balaban J connectivity index is 0.00000288. The Labute approximate surface area is 153 Å². The minimum absolute atomic E-state index is 0. The molecule has 126 valence electrons. The van der Waals surface area contributed by atoms with Crippen molar-refractivity contribution in [2.75, 3.05) is 37.6 Å². The first-order valence-electron chi connectivity index (χ1n) is 7.47. The molecule has 0 atom stereocenters. The second-order valence-electron chi connectivity index (χ2n) is 6.40. The van der Waals surface area contributed by atoms with Gasteiger partial charge in [0.25, 0.3) is 0 Å². The summed E-state index contributed by atoms with van der Waals surface area (Å²) in [6.07, 6.45) is 2.62. The number of anilines is 1. The molecule has 0 saturated carbocycles. The standard InChI is InChI=1S/C15H22N4O4.Li/c1-15(2,3)23-13(20)10-18-4-6-19(7-5-18)12-9-16-11(8-17-12)14(21)22;/h8-9H,4-7,10H2,1-3H3,(H,21,22);/q;+1/p-1. The number of rotatable bonds is 4. The first kappa shape index (κ1) is 20.4. The van der Waals surface area contributed by atoms with Gasteiger partial charge in [-0.05, 0) is 20.8 Å². The van der Waals surface area contributed by atoms with Gasteiger partial charge >= 0.3 is 24.8 Å². The van der Waals surface area contributed by atoms with Crippen LogP contribution in [0.5, 0.6) is 0 Å². The molecule has 0 aliphatic carbocycles. The van der Waals surface area contributed by atoms with Gasteiger partial charge in [0.2, 0.25) is 0 Å². The molecule has 24 heavy (non-hydrogen) atoms. The van der Waals surface area contributed by atoms with E-state index in [2.05, 4.69) is 9.97 Å². The van der Waals surface area contributed by atoms with Crippen LogP contribution in [0.4, 0.5) is 5.82 Å². The molecule has 8 nitrogen and oxygen atoms in total. The van der Waals surface area contributed by atoms with Crippen LogP contribution in [0.2, 0.25) is 0 Å². The normalized spacial score (nSPS) is 15.5. The number of hydrogen-bond acceptors (Lipinski definition) is 8. The maximum absolute atomic E-state index is 11.8. The van der Waals surface area contributed by atoms with Crippen molar-refractivity contribution in [2.24, 2.45) is 0 Å². The average Bonchev–Trinajstić information content (AvgIpc) is 2.46. The maximum Gasteiger partial charge on any atom is 1.00 e. The van der Waals surface area contributed by atoms with Crippen molar-refractivity contribution in [3.8, 4) is 0 Å². The molecule has 0 radical (unpaired) electrons. The molecular weight excluding hydrogens is 307 g/mol. The second kappa shape index (κ2) is 8.47. The van der Waals surface area contributed by atoms with E-state index < -0.39 is 11.6 Å². The summed E-state index contributed by atoms with van der Waals surface area (Å²) in [5, 5.41) is 10.7. The van der Waals surface area contributed by atoms with Crippen LogP contribution < -0.4 is 28.9 Å². The SMILES string of the molecule is CC(C)(C)OC(=O)CN1CCN(c2cnc(C(=O)[O-])cn2)CC1.[Li+]. The first-order chi connectivity index (χ1) is 10.7. The van der Waals surface area contributed by atoms with Crippen molar-refractivity contribution in [3.05, 3.63) is 18.1 Å². The van der Waals surface area contributed by atoms with E-state index >= 15 is 0 Å². The molecule has 0 aromatic carbocycles. The minimum Gasteiger partial charge on any atom is -0.543 e. The van der Waals surface area contributed by atoms with E-state index in [1.807, 2.05) is 30.6 Å². The van der Waals surface area contributed by atoms with Gasteiger partial charge in [-0.3, -0.25) is 9.69 Å². The van der Waals surface area contributed by atoms with Crippen LogP contribution >= 0.6 is 0 Å². The van der Waals surface area contributed by atoms with E-state index in [9.17, 15) is 14.7 Å². The van der Waals surface area contributed by atoms with Crippen LogP contribution in [0.25, 0.3) is 0 Å². The monoisotopic (exact) mass is 328 g/mol. The molecule has 9 heteroatoms. The quantitative estimate of drug-likeness (QED) is 0.411. The molecule has 1 fully saturated rings. The molecule has 1 aromatic heterocycles. The van der Waals surface area contributed by atoms with Gasteiger partial charge in [0.15, 0.2) is 0 Å². The number of carbonyl (C=O) groups excluding carboxylic acids is 2. The van der Waals surface area contributed by atoms with Crippen LogP contribution in [0.15, 0.2) is 12.4 Å². The van der Waals surface area contributed by atoms with Crippen molar-refractivity contribution in [1.82, 2.24) is 14.9 Å². The largest absolute Gasteiger partial charge is 1.00 e. The molecule has 1 aliphatic heterocycles. The molecule has 0 unspecified atom stereocenters. The Morgan fingerprint density at radius 1 is 1.17 bits per heavy atom. The number of hydrogen-bond donors (Lipinski definition) is 0. The molecule has 0 bridgehead atoms. The molecule has 0 spiro atoms. The average molecular weight is 328 g/mol. The van der Waals surface area contributed by atoms with Crippen LogP contribution in [0.3, 0.4) is 0 Å². The van der Waals surface area contributed by atoms with Crippen molar-refractivity contribution >= 4 is 17.8 Å². The Bertz CT molecular complexity index is 566. The van der Waals surface area contributed by atoms with Gasteiger partial charge in [-0.15, -0.1) is 0 Å². The van der Waals surface area contributed by atoms with E-state index in [-0.39, 0.29) is 37.1 Å². The number of aromatic carboxylic acids is 1. The summed E-state index contributed by atoms with van der Waals surface area (Å²) in [4.78, 5) is 34.4. The van der Waals surface area contributed by atoms with Gasteiger partial charge in [0, 0.05) is 26.2 Å². The third kappa shape index (κ3) is 6.11. The first-order valence-corrected chi connectivity index (χ1v) is 7.47. The van der Waals surface area contributed by atoms with Gasteiger partial charge in [-0.2, -0.15) is 0 Å². The van der Waals surface area contributed by atoms with Crippen molar-refractivity contribution < 1.29 is 38.3 Å². The zero-order chi connectivity index (χ0) is 17.0. The summed E-state index contributed by atoms with van der Waals surface area (Å²) in [5.41, 5.74) is -0.660.